The molecule has 18 heavy (non-hydrogen) atoms. The molecule has 2 nitrogen and oxygen atoms in total. The largest absolute Gasteiger partial charge is 0.508 e. The van der Waals surface area contributed by atoms with Gasteiger partial charge < -0.3 is 5.11 Å². The minimum atomic E-state index is 0.404. The van der Waals surface area contributed by atoms with E-state index in [1.807, 2.05) is 18.2 Å². The zero-order valence-corrected chi connectivity index (χ0v) is 11.0. The Morgan fingerprint density at radius 2 is 2.33 bits per heavy atom. The van der Waals surface area contributed by atoms with E-state index in [1.54, 1.807) is 0 Å². The molecule has 2 aliphatic rings. The average Bonchev–Trinajstić information content (AvgIpc) is 2.66. The first-order valence-corrected chi connectivity index (χ1v) is 6.89. The van der Waals surface area contributed by atoms with Gasteiger partial charge in [0.05, 0.1) is 0 Å². The Morgan fingerprint density at radius 3 is 3.11 bits per heavy atom. The van der Waals surface area contributed by atoms with E-state index >= 15 is 0 Å². The van der Waals surface area contributed by atoms with Crippen LogP contribution in [0.3, 0.4) is 0 Å². The molecule has 1 aliphatic carbocycles. The van der Waals surface area contributed by atoms with Crippen LogP contribution in [0.5, 0.6) is 5.75 Å². The molecule has 1 N–H and O–H groups in total. The van der Waals surface area contributed by atoms with Crippen LogP contribution >= 0.6 is 0 Å². The molecule has 1 aromatic rings. The normalized spacial score (nSPS) is 30.8. The monoisotopic (exact) mass is 243 g/mol. The van der Waals surface area contributed by atoms with E-state index in [1.165, 1.54) is 24.0 Å². The lowest BCUT2D eigenvalue weighted by Gasteiger charge is -2.33. The van der Waals surface area contributed by atoms with E-state index in [-0.39, 0.29) is 0 Å². The van der Waals surface area contributed by atoms with Crippen molar-refractivity contribution < 1.29 is 5.11 Å². The fraction of sp³-hybridized carbons (Fsp3) is 0.500. The third-order valence-corrected chi connectivity index (χ3v) is 4.63. The summed E-state index contributed by atoms with van der Waals surface area (Å²) in [5, 5.41) is 9.59. The van der Waals surface area contributed by atoms with Gasteiger partial charge in [0.2, 0.25) is 0 Å². The molecule has 3 rings (SSSR count). The number of nitrogens with zero attached hydrogens (tertiary/aromatic N) is 1. The van der Waals surface area contributed by atoms with Crippen LogP contribution in [0.15, 0.2) is 30.9 Å². The van der Waals surface area contributed by atoms with Crippen molar-refractivity contribution in [3.05, 3.63) is 42.0 Å². The maximum Gasteiger partial charge on any atom is 0.115 e. The van der Waals surface area contributed by atoms with Crippen LogP contribution in [0.25, 0.3) is 0 Å². The van der Waals surface area contributed by atoms with Gasteiger partial charge in [0.15, 0.2) is 0 Å². The summed E-state index contributed by atoms with van der Waals surface area (Å²) in [6.45, 7) is 7.19. The van der Waals surface area contributed by atoms with Gasteiger partial charge in [0.25, 0.3) is 0 Å². The Labute approximate surface area is 109 Å². The molecule has 0 radical (unpaired) electrons. The molecule has 0 saturated carbocycles. The second-order valence-corrected chi connectivity index (χ2v) is 5.67. The van der Waals surface area contributed by atoms with Crippen molar-refractivity contribution in [3.8, 4) is 5.75 Å². The lowest BCUT2D eigenvalue weighted by atomic mass is 9.79. The summed E-state index contributed by atoms with van der Waals surface area (Å²) in [6, 6.07) is 7.22. The van der Waals surface area contributed by atoms with E-state index in [9.17, 15) is 5.11 Å². The lowest BCUT2D eigenvalue weighted by Crippen LogP contribution is -2.38. The first kappa shape index (κ1) is 11.8. The van der Waals surface area contributed by atoms with Crippen molar-refractivity contribution in [2.45, 2.75) is 44.2 Å². The van der Waals surface area contributed by atoms with E-state index in [4.69, 9.17) is 0 Å². The van der Waals surface area contributed by atoms with E-state index in [0.29, 0.717) is 23.8 Å². The van der Waals surface area contributed by atoms with Crippen LogP contribution in [0.2, 0.25) is 0 Å². The van der Waals surface area contributed by atoms with Gasteiger partial charge >= 0.3 is 0 Å². The molecule has 0 spiro atoms. The number of benzene rings is 1. The third-order valence-electron chi connectivity index (χ3n) is 4.63. The van der Waals surface area contributed by atoms with Gasteiger partial charge in [0, 0.05) is 24.5 Å². The molecule has 1 saturated heterocycles. The van der Waals surface area contributed by atoms with Crippen molar-refractivity contribution in [2.24, 2.45) is 0 Å². The van der Waals surface area contributed by atoms with Crippen LogP contribution in [-0.2, 0) is 6.42 Å². The summed E-state index contributed by atoms with van der Waals surface area (Å²) in [5.41, 5.74) is 2.81. The van der Waals surface area contributed by atoms with Crippen LogP contribution < -0.4 is 0 Å². The molecule has 96 valence electrons. The average molecular weight is 243 g/mol. The zero-order chi connectivity index (χ0) is 12.7. The maximum atomic E-state index is 9.59. The number of phenolic OH excluding ortho intramolecular Hbond substituents is 1. The Morgan fingerprint density at radius 1 is 1.50 bits per heavy atom. The first-order chi connectivity index (χ1) is 8.70. The predicted octanol–water partition coefficient (Wildman–Crippen LogP) is 3.07. The van der Waals surface area contributed by atoms with E-state index < -0.39 is 0 Å². The highest BCUT2D eigenvalue weighted by Crippen LogP contribution is 2.44. The van der Waals surface area contributed by atoms with Gasteiger partial charge in [-0.25, -0.2) is 0 Å². The Kier molecular flexibility index (Phi) is 2.90. The SMILES string of the molecule is C=CCN1C(C)CC2c3ccc(O)cc3CCC21. The summed E-state index contributed by atoms with van der Waals surface area (Å²) in [4.78, 5) is 2.59. The van der Waals surface area contributed by atoms with E-state index in [0.717, 1.165) is 13.0 Å². The summed E-state index contributed by atoms with van der Waals surface area (Å²) >= 11 is 0. The molecule has 1 heterocycles. The predicted molar refractivity (Wildman–Crippen MR) is 73.9 cm³/mol. The Bertz CT molecular complexity index is 468. The molecule has 0 amide bonds. The van der Waals surface area contributed by atoms with Crippen molar-refractivity contribution in [2.75, 3.05) is 6.54 Å². The minimum Gasteiger partial charge on any atom is -0.508 e. The van der Waals surface area contributed by atoms with Gasteiger partial charge in [-0.1, -0.05) is 12.1 Å². The molecule has 0 bridgehead atoms. The maximum absolute atomic E-state index is 9.59. The molecule has 3 atom stereocenters. The summed E-state index contributed by atoms with van der Waals surface area (Å²) in [5.74, 6) is 1.05. The van der Waals surface area contributed by atoms with Gasteiger partial charge in [-0.2, -0.15) is 0 Å². The molecule has 1 aromatic carbocycles. The number of hydrogen-bond donors (Lipinski definition) is 1. The molecule has 2 heteroatoms. The second kappa shape index (κ2) is 4.43. The van der Waals surface area contributed by atoms with Crippen LogP contribution in [0, 0.1) is 0 Å². The topological polar surface area (TPSA) is 23.5 Å². The number of aryl methyl sites for hydroxylation is 1. The summed E-state index contributed by atoms with van der Waals surface area (Å²) < 4.78 is 0. The molecule has 0 aromatic heterocycles. The molecular weight excluding hydrogens is 222 g/mol. The highest BCUT2D eigenvalue weighted by molar-refractivity contribution is 5.40. The van der Waals surface area contributed by atoms with E-state index in [2.05, 4.69) is 24.5 Å². The molecule has 1 aliphatic heterocycles. The smallest absolute Gasteiger partial charge is 0.115 e. The number of rotatable bonds is 2. The number of phenols is 1. The summed E-state index contributed by atoms with van der Waals surface area (Å²) in [6.07, 6.45) is 5.55. The fourth-order valence-corrected chi connectivity index (χ4v) is 3.86. The van der Waals surface area contributed by atoms with Crippen LogP contribution in [-0.4, -0.2) is 28.6 Å². The lowest BCUT2D eigenvalue weighted by molar-refractivity contribution is 0.206. The van der Waals surface area contributed by atoms with Crippen LogP contribution in [0.4, 0.5) is 0 Å². The quantitative estimate of drug-likeness (QED) is 0.807. The minimum absolute atomic E-state index is 0.404. The standard InChI is InChI=1S/C16H21NO/c1-3-8-17-11(2)9-15-14-6-5-13(18)10-12(14)4-7-16(15)17/h3,5-6,10-11,15-16,18H,1,4,7-9H2,2H3. The number of likely N-dealkylation sites (tertiary alicyclic amines) is 1. The zero-order valence-electron chi connectivity index (χ0n) is 11.0. The Hall–Kier alpha value is -1.28. The van der Waals surface area contributed by atoms with Crippen molar-refractivity contribution in [1.82, 2.24) is 4.90 Å². The molecule has 1 fully saturated rings. The second-order valence-electron chi connectivity index (χ2n) is 5.67. The molecule has 3 unspecified atom stereocenters. The number of aromatic hydroxyl groups is 1. The van der Waals surface area contributed by atoms with Gasteiger partial charge in [-0.05, 0) is 49.4 Å². The number of fused-ring (bicyclic) bond motifs is 3. The summed E-state index contributed by atoms with van der Waals surface area (Å²) in [7, 11) is 0. The number of hydrogen-bond acceptors (Lipinski definition) is 2. The van der Waals surface area contributed by atoms with Crippen molar-refractivity contribution in [1.29, 1.82) is 0 Å². The fourth-order valence-electron chi connectivity index (χ4n) is 3.86. The highest BCUT2D eigenvalue weighted by atomic mass is 16.3. The highest BCUT2D eigenvalue weighted by Gasteiger charge is 2.41. The Balaban J connectivity index is 1.94. The first-order valence-electron chi connectivity index (χ1n) is 6.89. The van der Waals surface area contributed by atoms with Crippen molar-refractivity contribution in [3.63, 3.8) is 0 Å². The molecular formula is C16H21NO. The van der Waals surface area contributed by atoms with Gasteiger partial charge in [-0.15, -0.1) is 6.58 Å². The van der Waals surface area contributed by atoms with Gasteiger partial charge in [0.1, 0.15) is 5.75 Å². The van der Waals surface area contributed by atoms with Crippen molar-refractivity contribution >= 4 is 0 Å². The van der Waals surface area contributed by atoms with Gasteiger partial charge in [-0.3, -0.25) is 4.90 Å². The third kappa shape index (κ3) is 1.76. The van der Waals surface area contributed by atoms with Crippen LogP contribution in [0.1, 0.15) is 36.8 Å².